The van der Waals surface area contributed by atoms with Crippen LogP contribution in [0.3, 0.4) is 0 Å². The summed E-state index contributed by atoms with van der Waals surface area (Å²) in [4.78, 5) is 33.2. The fourth-order valence-electron chi connectivity index (χ4n) is 5.33. The lowest BCUT2D eigenvalue weighted by molar-refractivity contribution is -0.134. The summed E-state index contributed by atoms with van der Waals surface area (Å²) in [7, 11) is 0. The highest BCUT2D eigenvalue weighted by atomic mass is 35.5. The maximum atomic E-state index is 14.1. The highest BCUT2D eigenvalue weighted by molar-refractivity contribution is 7.10. The van der Waals surface area contributed by atoms with Gasteiger partial charge in [-0.25, -0.2) is 9.18 Å². The van der Waals surface area contributed by atoms with Crippen LogP contribution in [0.5, 0.6) is 0 Å². The zero-order valence-corrected chi connectivity index (χ0v) is 23.3. The van der Waals surface area contributed by atoms with Crippen molar-refractivity contribution < 1.29 is 14.0 Å². The molecule has 0 radical (unpaired) electrons. The summed E-state index contributed by atoms with van der Waals surface area (Å²) < 4.78 is 14.1. The van der Waals surface area contributed by atoms with Gasteiger partial charge in [-0.3, -0.25) is 9.69 Å². The number of piperazine rings is 1. The number of nitrogens with one attached hydrogen (secondary N) is 1. The molecule has 1 N–H and O–H groups in total. The molecule has 2 atom stereocenters. The van der Waals surface area contributed by atoms with E-state index >= 15 is 0 Å². The van der Waals surface area contributed by atoms with Gasteiger partial charge in [0.1, 0.15) is 5.82 Å². The summed E-state index contributed by atoms with van der Waals surface area (Å²) in [5.74, 6) is -0.188. The molecule has 3 aromatic rings. The Kier molecular flexibility index (Phi) is 8.23. The van der Waals surface area contributed by atoms with Crippen molar-refractivity contribution in [2.75, 3.05) is 38.0 Å². The molecule has 6 nitrogen and oxygen atoms in total. The minimum Gasteiger partial charge on any atom is -0.339 e. The summed E-state index contributed by atoms with van der Waals surface area (Å²) in [5, 5.41) is 5.74. The standard InChI is InChI=1S/C28H29Cl2FN4O2S/c1-18-17-34(12-13-35(18)28(37)32-21-5-6-23(29)24(30)16-21)26(36)8-11-33-10-7-25-22(9-14-38-25)27(33)19-3-2-4-20(31)15-19/h2-6,9,14-16,18,27H,7-8,10-13,17H2,1H3,(H,32,37)/t18-,27-/m0/s1. The lowest BCUT2D eigenvalue weighted by atomic mass is 9.93. The number of carbonyl (C=O) groups excluding carboxylic acids is 2. The summed E-state index contributed by atoms with van der Waals surface area (Å²) in [6.07, 6.45) is 1.30. The number of benzene rings is 2. The minimum absolute atomic E-state index is 0.0608. The van der Waals surface area contributed by atoms with E-state index in [0.29, 0.717) is 48.3 Å². The number of hydrogen-bond acceptors (Lipinski definition) is 4. The Morgan fingerprint density at radius 1 is 1.08 bits per heavy atom. The first-order valence-electron chi connectivity index (χ1n) is 12.7. The van der Waals surface area contributed by atoms with Gasteiger partial charge < -0.3 is 15.1 Å². The van der Waals surface area contributed by atoms with Crippen molar-refractivity contribution in [2.24, 2.45) is 0 Å². The van der Waals surface area contributed by atoms with Gasteiger partial charge >= 0.3 is 6.03 Å². The zero-order valence-electron chi connectivity index (χ0n) is 21.0. The maximum absolute atomic E-state index is 14.1. The number of halogens is 3. The predicted octanol–water partition coefficient (Wildman–Crippen LogP) is 6.30. The molecular formula is C28H29Cl2FN4O2S. The molecule has 1 fully saturated rings. The van der Waals surface area contributed by atoms with Crippen LogP contribution < -0.4 is 5.32 Å². The fraction of sp³-hybridized carbons (Fsp3) is 0.357. The summed E-state index contributed by atoms with van der Waals surface area (Å²) in [6.45, 7) is 4.73. The third kappa shape index (κ3) is 5.83. The van der Waals surface area contributed by atoms with Gasteiger partial charge in [-0.1, -0.05) is 35.3 Å². The molecule has 2 aliphatic rings. The van der Waals surface area contributed by atoms with Gasteiger partial charge in [-0.15, -0.1) is 11.3 Å². The van der Waals surface area contributed by atoms with Crippen molar-refractivity contribution in [2.45, 2.75) is 31.8 Å². The van der Waals surface area contributed by atoms with E-state index in [1.807, 2.05) is 17.9 Å². The van der Waals surface area contributed by atoms with Crippen LogP contribution in [0.1, 0.15) is 35.4 Å². The molecule has 38 heavy (non-hydrogen) atoms. The monoisotopic (exact) mass is 574 g/mol. The molecule has 0 saturated carbocycles. The number of carbonyl (C=O) groups is 2. The van der Waals surface area contributed by atoms with Gasteiger partial charge in [0.15, 0.2) is 0 Å². The molecule has 3 heterocycles. The topological polar surface area (TPSA) is 55.9 Å². The van der Waals surface area contributed by atoms with E-state index in [1.165, 1.54) is 16.5 Å². The molecule has 1 aromatic heterocycles. The van der Waals surface area contributed by atoms with Crippen molar-refractivity contribution in [3.8, 4) is 0 Å². The Morgan fingerprint density at radius 3 is 2.68 bits per heavy atom. The Balaban J connectivity index is 1.19. The molecule has 0 bridgehead atoms. The third-order valence-corrected chi connectivity index (χ3v) is 8.99. The molecule has 0 aliphatic carbocycles. The van der Waals surface area contributed by atoms with Crippen LogP contribution in [0.4, 0.5) is 14.9 Å². The van der Waals surface area contributed by atoms with Gasteiger partial charge in [0.25, 0.3) is 0 Å². The molecule has 0 unspecified atom stereocenters. The summed E-state index contributed by atoms with van der Waals surface area (Å²) in [6, 6.07) is 13.4. The maximum Gasteiger partial charge on any atom is 0.322 e. The second-order valence-electron chi connectivity index (χ2n) is 9.73. The molecule has 0 spiro atoms. The second-order valence-corrected chi connectivity index (χ2v) is 11.5. The van der Waals surface area contributed by atoms with Crippen LogP contribution in [-0.4, -0.2) is 65.4 Å². The molecule has 200 valence electrons. The quantitative estimate of drug-likeness (QED) is 0.389. The van der Waals surface area contributed by atoms with Gasteiger partial charge in [-0.05, 0) is 66.2 Å². The van der Waals surface area contributed by atoms with Gasteiger partial charge in [0.05, 0.1) is 16.1 Å². The summed E-state index contributed by atoms with van der Waals surface area (Å²) >= 11 is 13.8. The molecule has 3 amide bonds. The van der Waals surface area contributed by atoms with E-state index in [2.05, 4.69) is 21.7 Å². The van der Waals surface area contributed by atoms with Crippen molar-refractivity contribution in [3.63, 3.8) is 0 Å². The fourth-order valence-corrected chi connectivity index (χ4v) is 6.53. The lowest BCUT2D eigenvalue weighted by Crippen LogP contribution is -2.56. The van der Waals surface area contributed by atoms with Gasteiger partial charge in [0, 0.05) is 55.8 Å². The number of fused-ring (bicyclic) bond motifs is 1. The van der Waals surface area contributed by atoms with Crippen molar-refractivity contribution in [1.29, 1.82) is 0 Å². The number of rotatable bonds is 5. The first-order valence-corrected chi connectivity index (χ1v) is 14.3. The molecule has 5 rings (SSSR count). The highest BCUT2D eigenvalue weighted by Gasteiger charge is 2.32. The Bertz CT molecular complexity index is 1340. The van der Waals surface area contributed by atoms with Gasteiger partial charge in [-0.2, -0.15) is 0 Å². The number of hydrogen-bond donors (Lipinski definition) is 1. The van der Waals surface area contributed by atoms with E-state index in [1.54, 1.807) is 46.6 Å². The average Bonchev–Trinajstić information content (AvgIpc) is 3.38. The first-order chi connectivity index (χ1) is 18.3. The number of anilines is 1. The normalized spacial score (nSPS) is 19.8. The van der Waals surface area contributed by atoms with E-state index in [0.717, 1.165) is 18.5 Å². The smallest absolute Gasteiger partial charge is 0.322 e. The largest absolute Gasteiger partial charge is 0.339 e. The van der Waals surface area contributed by atoms with Crippen LogP contribution in [-0.2, 0) is 11.2 Å². The van der Waals surface area contributed by atoms with Crippen LogP contribution in [0.15, 0.2) is 53.9 Å². The van der Waals surface area contributed by atoms with E-state index in [9.17, 15) is 14.0 Å². The van der Waals surface area contributed by atoms with E-state index in [4.69, 9.17) is 23.2 Å². The predicted molar refractivity (Wildman–Crippen MR) is 151 cm³/mol. The molecular weight excluding hydrogens is 546 g/mol. The molecule has 1 saturated heterocycles. The van der Waals surface area contributed by atoms with Crippen LogP contribution in [0, 0.1) is 5.82 Å². The van der Waals surface area contributed by atoms with E-state index in [-0.39, 0.29) is 29.8 Å². The second kappa shape index (κ2) is 11.6. The van der Waals surface area contributed by atoms with Crippen molar-refractivity contribution in [3.05, 3.63) is 85.8 Å². The van der Waals surface area contributed by atoms with Crippen molar-refractivity contribution in [1.82, 2.24) is 14.7 Å². The molecule has 2 aromatic carbocycles. The first kappa shape index (κ1) is 26.9. The van der Waals surface area contributed by atoms with Crippen LogP contribution in [0.25, 0.3) is 0 Å². The Labute approximate surface area is 235 Å². The number of nitrogens with zero attached hydrogens (tertiary/aromatic N) is 3. The van der Waals surface area contributed by atoms with Crippen LogP contribution in [0.2, 0.25) is 10.0 Å². The number of thiophene rings is 1. The molecule has 2 aliphatic heterocycles. The highest BCUT2D eigenvalue weighted by Crippen LogP contribution is 2.38. The number of urea groups is 1. The summed E-state index contributed by atoms with van der Waals surface area (Å²) in [5.41, 5.74) is 2.68. The Hall–Kier alpha value is -2.65. The SMILES string of the molecule is C[C@H]1CN(C(=O)CCN2CCc3sccc3[C@@H]2c2cccc(F)c2)CCN1C(=O)Nc1ccc(Cl)c(Cl)c1. The van der Waals surface area contributed by atoms with Crippen molar-refractivity contribution >= 4 is 52.2 Å². The Morgan fingerprint density at radius 2 is 1.92 bits per heavy atom. The molecule has 10 heteroatoms. The third-order valence-electron chi connectivity index (χ3n) is 7.25. The lowest BCUT2D eigenvalue weighted by Gasteiger charge is -2.40. The number of amides is 3. The average molecular weight is 576 g/mol. The van der Waals surface area contributed by atoms with E-state index < -0.39 is 0 Å². The van der Waals surface area contributed by atoms with Gasteiger partial charge in [0.2, 0.25) is 5.91 Å². The van der Waals surface area contributed by atoms with Crippen LogP contribution >= 0.6 is 34.5 Å². The minimum atomic E-state index is -0.254. The zero-order chi connectivity index (χ0) is 26.8.